The Balaban J connectivity index is 3.78. The van der Waals surface area contributed by atoms with E-state index in [1.807, 2.05) is 47.6 Å². The van der Waals surface area contributed by atoms with Gasteiger partial charge in [-0.15, -0.1) is 0 Å². The second kappa shape index (κ2) is 5.01. The van der Waals surface area contributed by atoms with E-state index in [4.69, 9.17) is 0 Å². The van der Waals surface area contributed by atoms with E-state index in [0.29, 0.717) is 5.56 Å². The van der Waals surface area contributed by atoms with Gasteiger partial charge in [0, 0.05) is 0 Å². The van der Waals surface area contributed by atoms with Gasteiger partial charge in [-0.3, -0.25) is 0 Å². The molecular weight excluding hydrogens is 277 g/mol. The summed E-state index contributed by atoms with van der Waals surface area (Å²) in [7, 11) is 0. The summed E-state index contributed by atoms with van der Waals surface area (Å²) < 4.78 is 39.8. The summed E-state index contributed by atoms with van der Waals surface area (Å²) in [6, 6.07) is 4.81. The Kier molecular flexibility index (Phi) is 4.30. The standard InChI is InChI=1S/C17H25F3O/c1-14(2,3)11-9-8-10-12(13(11)15(4,5)6)16(7,21)17(18,19)20/h8-10,21H,1-7H3. The first kappa shape index (κ1) is 18.0. The molecule has 1 atom stereocenters. The molecule has 1 aromatic carbocycles. The lowest BCUT2D eigenvalue weighted by Crippen LogP contribution is -2.42. The van der Waals surface area contributed by atoms with Crippen LogP contribution in [0.3, 0.4) is 0 Å². The smallest absolute Gasteiger partial charge is 0.376 e. The first-order valence-corrected chi connectivity index (χ1v) is 7.03. The summed E-state index contributed by atoms with van der Waals surface area (Å²) in [5.41, 5.74) is -2.34. The minimum absolute atomic E-state index is 0.0603. The lowest BCUT2D eigenvalue weighted by molar-refractivity contribution is -0.259. The number of hydrogen-bond acceptors (Lipinski definition) is 1. The number of hydrogen-bond donors (Lipinski definition) is 1. The van der Waals surface area contributed by atoms with Gasteiger partial charge in [0.1, 0.15) is 0 Å². The molecular formula is C17H25F3O. The van der Waals surface area contributed by atoms with Crippen molar-refractivity contribution in [1.82, 2.24) is 0 Å². The summed E-state index contributed by atoms with van der Waals surface area (Å²) in [4.78, 5) is 0. The lowest BCUT2D eigenvalue weighted by Gasteiger charge is -2.37. The molecule has 0 radical (unpaired) electrons. The molecule has 0 aliphatic heterocycles. The number of rotatable bonds is 1. The van der Waals surface area contributed by atoms with Crippen LogP contribution in [-0.2, 0) is 16.4 Å². The minimum atomic E-state index is -4.72. The number of aliphatic hydroxyl groups is 1. The van der Waals surface area contributed by atoms with E-state index in [1.54, 1.807) is 6.07 Å². The highest BCUT2D eigenvalue weighted by Crippen LogP contribution is 2.45. The molecule has 1 unspecified atom stereocenters. The maximum atomic E-state index is 13.3. The molecule has 0 fully saturated rings. The first-order chi connectivity index (χ1) is 9.10. The van der Waals surface area contributed by atoms with Crippen LogP contribution in [0.4, 0.5) is 13.2 Å². The molecule has 0 saturated heterocycles. The predicted octanol–water partition coefficient (Wildman–Crippen LogP) is 5.05. The predicted molar refractivity (Wildman–Crippen MR) is 79.5 cm³/mol. The Hall–Kier alpha value is -1.03. The second-order valence-corrected chi connectivity index (χ2v) is 7.80. The van der Waals surface area contributed by atoms with Crippen molar-refractivity contribution in [3.8, 4) is 0 Å². The highest BCUT2D eigenvalue weighted by Gasteiger charge is 2.53. The van der Waals surface area contributed by atoms with E-state index in [-0.39, 0.29) is 11.0 Å². The first-order valence-electron chi connectivity index (χ1n) is 7.03. The van der Waals surface area contributed by atoms with Crippen LogP contribution in [0.5, 0.6) is 0 Å². The van der Waals surface area contributed by atoms with Crippen molar-refractivity contribution >= 4 is 0 Å². The van der Waals surface area contributed by atoms with Gasteiger partial charge in [-0.1, -0.05) is 59.7 Å². The SMILES string of the molecule is CC(C)(C)c1cccc(C(C)(O)C(F)(F)F)c1C(C)(C)C. The van der Waals surface area contributed by atoms with Crippen molar-refractivity contribution in [3.63, 3.8) is 0 Å². The molecule has 120 valence electrons. The van der Waals surface area contributed by atoms with Gasteiger partial charge in [-0.05, 0) is 34.4 Å². The van der Waals surface area contributed by atoms with Crippen molar-refractivity contribution in [1.29, 1.82) is 0 Å². The molecule has 1 N–H and O–H groups in total. The van der Waals surface area contributed by atoms with Crippen LogP contribution in [0.15, 0.2) is 18.2 Å². The van der Waals surface area contributed by atoms with Crippen molar-refractivity contribution in [2.45, 2.75) is 71.1 Å². The quantitative estimate of drug-likeness (QED) is 0.769. The molecule has 0 saturated carbocycles. The molecule has 1 nitrogen and oxygen atoms in total. The van der Waals surface area contributed by atoms with Crippen molar-refractivity contribution in [2.24, 2.45) is 0 Å². The fourth-order valence-electron chi connectivity index (χ4n) is 2.54. The van der Waals surface area contributed by atoms with Crippen LogP contribution in [0.25, 0.3) is 0 Å². The molecule has 1 rings (SSSR count). The highest BCUT2D eigenvalue weighted by molar-refractivity contribution is 5.46. The minimum Gasteiger partial charge on any atom is -0.376 e. The van der Waals surface area contributed by atoms with Gasteiger partial charge in [0.25, 0.3) is 0 Å². The van der Waals surface area contributed by atoms with E-state index < -0.39 is 17.2 Å². The van der Waals surface area contributed by atoms with Gasteiger partial charge in [0.15, 0.2) is 5.60 Å². The average Bonchev–Trinajstić information content (AvgIpc) is 2.24. The summed E-state index contributed by atoms with van der Waals surface area (Å²) in [6.45, 7) is 12.3. The maximum Gasteiger partial charge on any atom is 0.421 e. The Labute approximate surface area is 125 Å². The van der Waals surface area contributed by atoms with Crippen molar-refractivity contribution < 1.29 is 18.3 Å². The molecule has 0 amide bonds. The van der Waals surface area contributed by atoms with Gasteiger partial charge in [-0.25, -0.2) is 0 Å². The largest absolute Gasteiger partial charge is 0.421 e. The molecule has 0 aromatic heterocycles. The summed E-state index contributed by atoms with van der Waals surface area (Å²) >= 11 is 0. The molecule has 21 heavy (non-hydrogen) atoms. The van der Waals surface area contributed by atoms with Crippen molar-refractivity contribution in [3.05, 3.63) is 34.9 Å². The van der Waals surface area contributed by atoms with Gasteiger partial charge < -0.3 is 5.11 Å². The zero-order chi connectivity index (χ0) is 16.9. The van der Waals surface area contributed by atoms with Crippen LogP contribution < -0.4 is 0 Å². The number of halogens is 3. The lowest BCUT2D eigenvalue weighted by atomic mass is 9.70. The molecule has 0 aliphatic carbocycles. The fraction of sp³-hybridized carbons (Fsp3) is 0.647. The molecule has 0 bridgehead atoms. The fourth-order valence-corrected chi connectivity index (χ4v) is 2.54. The molecule has 4 heteroatoms. The van der Waals surface area contributed by atoms with Gasteiger partial charge in [0.2, 0.25) is 0 Å². The normalized spacial score (nSPS) is 16.7. The monoisotopic (exact) mass is 302 g/mol. The third-order valence-electron chi connectivity index (χ3n) is 3.70. The molecule has 0 heterocycles. The van der Waals surface area contributed by atoms with Crippen molar-refractivity contribution in [2.75, 3.05) is 0 Å². The third kappa shape index (κ3) is 3.42. The van der Waals surface area contributed by atoms with Crippen LogP contribution in [0.2, 0.25) is 0 Å². The molecule has 0 spiro atoms. The number of benzene rings is 1. The maximum absolute atomic E-state index is 13.3. The van der Waals surface area contributed by atoms with E-state index in [9.17, 15) is 18.3 Å². The Bertz CT molecular complexity index is 514. The molecule has 1 aromatic rings. The van der Waals surface area contributed by atoms with Gasteiger partial charge in [0.05, 0.1) is 0 Å². The topological polar surface area (TPSA) is 20.2 Å². The Morgan fingerprint density at radius 3 is 1.52 bits per heavy atom. The van der Waals surface area contributed by atoms with Crippen LogP contribution >= 0.6 is 0 Å². The van der Waals surface area contributed by atoms with E-state index >= 15 is 0 Å². The average molecular weight is 302 g/mol. The van der Waals surface area contributed by atoms with Crippen LogP contribution in [0.1, 0.15) is 65.2 Å². The zero-order valence-corrected chi connectivity index (χ0v) is 13.8. The third-order valence-corrected chi connectivity index (χ3v) is 3.70. The second-order valence-electron chi connectivity index (χ2n) is 7.80. The summed E-state index contributed by atoms with van der Waals surface area (Å²) in [6.07, 6.45) is -4.72. The molecule has 0 aliphatic rings. The number of alkyl halides is 3. The van der Waals surface area contributed by atoms with E-state index in [2.05, 4.69) is 0 Å². The van der Waals surface area contributed by atoms with Gasteiger partial charge >= 0.3 is 6.18 Å². The Morgan fingerprint density at radius 2 is 1.19 bits per heavy atom. The van der Waals surface area contributed by atoms with Crippen LogP contribution in [0, 0.1) is 0 Å². The Morgan fingerprint density at radius 1 is 0.762 bits per heavy atom. The van der Waals surface area contributed by atoms with Crippen LogP contribution in [-0.4, -0.2) is 11.3 Å². The highest BCUT2D eigenvalue weighted by atomic mass is 19.4. The zero-order valence-electron chi connectivity index (χ0n) is 13.8. The van der Waals surface area contributed by atoms with E-state index in [0.717, 1.165) is 12.5 Å². The summed E-state index contributed by atoms with van der Waals surface area (Å²) in [5.74, 6) is 0. The summed E-state index contributed by atoms with van der Waals surface area (Å²) in [5, 5.41) is 10.1. The van der Waals surface area contributed by atoms with Gasteiger partial charge in [-0.2, -0.15) is 13.2 Å². The van der Waals surface area contributed by atoms with E-state index in [1.165, 1.54) is 6.07 Å².